The van der Waals surface area contributed by atoms with Gasteiger partial charge in [-0.25, -0.2) is 0 Å². The van der Waals surface area contributed by atoms with Crippen molar-refractivity contribution in [3.63, 3.8) is 0 Å². The van der Waals surface area contributed by atoms with Gasteiger partial charge in [0.05, 0.1) is 13.2 Å². The summed E-state index contributed by atoms with van der Waals surface area (Å²) in [4.78, 5) is 17.6. The van der Waals surface area contributed by atoms with Gasteiger partial charge in [-0.1, -0.05) is 30.2 Å². The Hall–Kier alpha value is -3.49. The minimum atomic E-state index is -0.177. The van der Waals surface area contributed by atoms with Gasteiger partial charge >= 0.3 is 0 Å². The predicted molar refractivity (Wildman–Crippen MR) is 114 cm³/mol. The van der Waals surface area contributed by atoms with Crippen molar-refractivity contribution >= 4 is 22.9 Å². The van der Waals surface area contributed by atoms with E-state index in [0.29, 0.717) is 32.1 Å². The molecule has 1 saturated heterocycles. The Labute approximate surface area is 169 Å². The summed E-state index contributed by atoms with van der Waals surface area (Å²) in [5.41, 5.74) is 2.82. The third-order valence-electron chi connectivity index (χ3n) is 4.91. The number of fused-ring (bicyclic) bond motifs is 1. The Bertz CT molecular complexity index is 1080. The largest absolute Gasteiger partial charge is 0.491 e. The molecule has 1 atom stereocenters. The average Bonchev–Trinajstić information content (AvgIpc) is 3.19. The van der Waals surface area contributed by atoms with E-state index in [1.807, 2.05) is 60.8 Å². The van der Waals surface area contributed by atoms with Crippen molar-refractivity contribution in [2.45, 2.75) is 6.10 Å². The van der Waals surface area contributed by atoms with E-state index in [2.05, 4.69) is 10.9 Å². The Balaban J connectivity index is 1.35. The van der Waals surface area contributed by atoms with Crippen molar-refractivity contribution in [1.29, 1.82) is 0 Å². The number of H-pyrrole nitrogens is 1. The SMILES string of the molecule is C#Cc1cccc(OCC2CN(C(=O)C=Cc3c[nH]c4ccccc34)CCO2)c1. The molecule has 1 N–H and O–H groups in total. The van der Waals surface area contributed by atoms with Gasteiger partial charge in [-0.2, -0.15) is 0 Å². The van der Waals surface area contributed by atoms with E-state index in [1.165, 1.54) is 0 Å². The fourth-order valence-electron chi connectivity index (χ4n) is 3.38. The van der Waals surface area contributed by atoms with Crippen molar-refractivity contribution in [3.8, 4) is 18.1 Å². The van der Waals surface area contributed by atoms with Crippen molar-refractivity contribution in [3.05, 3.63) is 71.9 Å². The number of nitrogens with zero attached hydrogens (tertiary/aromatic N) is 1. The predicted octanol–water partition coefficient (Wildman–Crippen LogP) is 3.47. The van der Waals surface area contributed by atoms with Crippen LogP contribution in [0.25, 0.3) is 17.0 Å². The molecular formula is C24H22N2O3. The van der Waals surface area contributed by atoms with Gasteiger partial charge in [0.15, 0.2) is 0 Å². The van der Waals surface area contributed by atoms with Crippen molar-refractivity contribution in [2.24, 2.45) is 0 Å². The van der Waals surface area contributed by atoms with Crippen LogP contribution in [-0.4, -0.2) is 48.2 Å². The summed E-state index contributed by atoms with van der Waals surface area (Å²) in [5.74, 6) is 3.26. The minimum Gasteiger partial charge on any atom is -0.491 e. The highest BCUT2D eigenvalue weighted by atomic mass is 16.5. The first-order chi connectivity index (χ1) is 14.2. The van der Waals surface area contributed by atoms with Gasteiger partial charge in [0, 0.05) is 35.3 Å². The number of aromatic amines is 1. The van der Waals surface area contributed by atoms with E-state index < -0.39 is 0 Å². The molecule has 1 aliphatic heterocycles. The highest BCUT2D eigenvalue weighted by Crippen LogP contribution is 2.19. The quantitative estimate of drug-likeness (QED) is 0.540. The number of carbonyl (C=O) groups excluding carboxylic acids is 1. The first-order valence-corrected chi connectivity index (χ1v) is 9.57. The topological polar surface area (TPSA) is 54.6 Å². The van der Waals surface area contributed by atoms with Gasteiger partial charge in [0.1, 0.15) is 18.5 Å². The lowest BCUT2D eigenvalue weighted by Crippen LogP contribution is -2.47. The minimum absolute atomic E-state index is 0.0297. The molecule has 0 radical (unpaired) electrons. The molecule has 2 heterocycles. The van der Waals surface area contributed by atoms with Gasteiger partial charge in [0.25, 0.3) is 0 Å². The molecule has 1 unspecified atom stereocenters. The van der Waals surface area contributed by atoms with Gasteiger partial charge < -0.3 is 19.4 Å². The standard InChI is InChI=1S/C24H22N2O3/c1-2-18-6-5-7-20(14-18)29-17-21-16-26(12-13-28-21)24(27)11-10-19-15-25-23-9-4-3-8-22(19)23/h1,3-11,14-15,21,25H,12-13,16-17H2. The van der Waals surface area contributed by atoms with Crippen molar-refractivity contribution in [2.75, 3.05) is 26.3 Å². The number of para-hydroxylation sites is 1. The molecule has 0 saturated carbocycles. The fourth-order valence-corrected chi connectivity index (χ4v) is 3.38. The number of amides is 1. The molecule has 3 aromatic rings. The highest BCUT2D eigenvalue weighted by Gasteiger charge is 2.23. The zero-order valence-electron chi connectivity index (χ0n) is 16.0. The summed E-state index contributed by atoms with van der Waals surface area (Å²) in [7, 11) is 0. The average molecular weight is 386 g/mol. The smallest absolute Gasteiger partial charge is 0.246 e. The monoisotopic (exact) mass is 386 g/mol. The van der Waals surface area contributed by atoms with E-state index in [9.17, 15) is 4.79 Å². The van der Waals surface area contributed by atoms with Crippen LogP contribution in [-0.2, 0) is 9.53 Å². The molecule has 1 amide bonds. The first-order valence-electron chi connectivity index (χ1n) is 9.57. The van der Waals surface area contributed by atoms with E-state index in [-0.39, 0.29) is 12.0 Å². The number of hydrogen-bond donors (Lipinski definition) is 1. The number of aromatic nitrogens is 1. The molecule has 0 aliphatic carbocycles. The van der Waals surface area contributed by atoms with Crippen LogP contribution in [0.1, 0.15) is 11.1 Å². The Morgan fingerprint density at radius 3 is 3.10 bits per heavy atom. The van der Waals surface area contributed by atoms with Crippen LogP contribution in [0.5, 0.6) is 5.75 Å². The second kappa shape index (κ2) is 8.68. The maximum atomic E-state index is 12.6. The molecular weight excluding hydrogens is 364 g/mol. The Morgan fingerprint density at radius 2 is 2.21 bits per heavy atom. The number of ether oxygens (including phenoxy) is 2. The molecule has 0 spiro atoms. The third kappa shape index (κ3) is 4.50. The summed E-state index contributed by atoms with van der Waals surface area (Å²) < 4.78 is 11.6. The summed E-state index contributed by atoms with van der Waals surface area (Å²) in [5, 5.41) is 1.10. The molecule has 146 valence electrons. The molecule has 5 heteroatoms. The van der Waals surface area contributed by atoms with Crippen LogP contribution in [0.15, 0.2) is 60.8 Å². The normalized spacial score (nSPS) is 16.8. The molecule has 1 fully saturated rings. The van der Waals surface area contributed by atoms with Crippen LogP contribution in [0.2, 0.25) is 0 Å². The highest BCUT2D eigenvalue weighted by molar-refractivity contribution is 5.96. The number of morpholine rings is 1. The van der Waals surface area contributed by atoms with Crippen molar-refractivity contribution < 1.29 is 14.3 Å². The molecule has 0 bridgehead atoms. The summed E-state index contributed by atoms with van der Waals surface area (Å²) in [6.07, 6.45) is 10.6. The van der Waals surface area contributed by atoms with Crippen LogP contribution < -0.4 is 4.74 Å². The van der Waals surface area contributed by atoms with Crippen LogP contribution >= 0.6 is 0 Å². The summed E-state index contributed by atoms with van der Waals surface area (Å²) >= 11 is 0. The van der Waals surface area contributed by atoms with Gasteiger partial charge in [-0.15, -0.1) is 6.42 Å². The van der Waals surface area contributed by atoms with E-state index in [4.69, 9.17) is 15.9 Å². The van der Waals surface area contributed by atoms with Crippen LogP contribution in [0.3, 0.4) is 0 Å². The lowest BCUT2D eigenvalue weighted by atomic mass is 10.1. The maximum absolute atomic E-state index is 12.6. The van der Waals surface area contributed by atoms with E-state index >= 15 is 0 Å². The summed E-state index contributed by atoms with van der Waals surface area (Å²) in [6.45, 7) is 1.92. The second-order valence-electron chi connectivity index (χ2n) is 6.88. The van der Waals surface area contributed by atoms with E-state index in [1.54, 1.807) is 11.0 Å². The second-order valence-corrected chi connectivity index (χ2v) is 6.88. The number of nitrogens with one attached hydrogen (secondary N) is 1. The zero-order chi connectivity index (χ0) is 20.1. The van der Waals surface area contributed by atoms with Crippen LogP contribution in [0.4, 0.5) is 0 Å². The molecule has 1 aromatic heterocycles. The maximum Gasteiger partial charge on any atom is 0.246 e. The number of carbonyl (C=O) groups is 1. The molecule has 2 aromatic carbocycles. The Kier molecular flexibility index (Phi) is 5.64. The molecule has 29 heavy (non-hydrogen) atoms. The van der Waals surface area contributed by atoms with Gasteiger partial charge in [-0.05, 0) is 35.9 Å². The lowest BCUT2D eigenvalue weighted by molar-refractivity contribution is -0.134. The molecule has 4 rings (SSSR count). The number of terminal acetylenes is 1. The fraction of sp³-hybridized carbons (Fsp3) is 0.208. The Morgan fingerprint density at radius 1 is 1.31 bits per heavy atom. The molecule has 5 nitrogen and oxygen atoms in total. The first kappa shape index (κ1) is 18.9. The lowest BCUT2D eigenvalue weighted by Gasteiger charge is -2.32. The van der Waals surface area contributed by atoms with Gasteiger partial charge in [-0.3, -0.25) is 4.79 Å². The van der Waals surface area contributed by atoms with Crippen molar-refractivity contribution in [1.82, 2.24) is 9.88 Å². The summed E-state index contributed by atoms with van der Waals surface area (Å²) in [6, 6.07) is 15.4. The zero-order valence-corrected chi connectivity index (χ0v) is 16.0. The van der Waals surface area contributed by atoms with E-state index in [0.717, 1.165) is 22.0 Å². The number of benzene rings is 2. The third-order valence-corrected chi connectivity index (χ3v) is 4.91. The number of hydrogen-bond acceptors (Lipinski definition) is 3. The van der Waals surface area contributed by atoms with Crippen LogP contribution in [0, 0.1) is 12.3 Å². The number of rotatable bonds is 5. The molecule has 1 aliphatic rings. The van der Waals surface area contributed by atoms with Gasteiger partial charge in [0.2, 0.25) is 5.91 Å².